The summed E-state index contributed by atoms with van der Waals surface area (Å²) < 4.78 is 2.74. The van der Waals surface area contributed by atoms with Crippen LogP contribution in [-0.4, -0.2) is 32.5 Å². The molecule has 2 aromatic heterocycles. The van der Waals surface area contributed by atoms with E-state index < -0.39 is 6.03 Å². The first kappa shape index (κ1) is 16.4. The minimum absolute atomic E-state index is 0.0334. The van der Waals surface area contributed by atoms with Crippen molar-refractivity contribution in [3.05, 3.63) is 64.7 Å². The molecule has 0 saturated carbocycles. The van der Waals surface area contributed by atoms with E-state index in [9.17, 15) is 14.4 Å². The number of carbonyl (C=O) groups excluding carboxylic acids is 2. The van der Waals surface area contributed by atoms with Gasteiger partial charge in [0.2, 0.25) is 0 Å². The highest BCUT2D eigenvalue weighted by Gasteiger charge is 2.07. The van der Waals surface area contributed by atoms with Crippen molar-refractivity contribution in [2.75, 3.05) is 11.9 Å². The molecule has 3 rings (SSSR count). The summed E-state index contributed by atoms with van der Waals surface area (Å²) in [5.74, 6) is -0.0334. The molecule has 3 aromatic rings. The van der Waals surface area contributed by atoms with Gasteiger partial charge < -0.3 is 10.6 Å². The van der Waals surface area contributed by atoms with Crippen LogP contribution >= 0.6 is 0 Å². The van der Waals surface area contributed by atoms with Gasteiger partial charge in [-0.15, -0.1) is 5.10 Å². The predicted octanol–water partition coefficient (Wildman–Crippen LogP) is 1.52. The third-order valence-electron chi connectivity index (χ3n) is 3.65. The number of ketones is 1. The van der Waals surface area contributed by atoms with Crippen LogP contribution in [0.1, 0.15) is 17.3 Å². The van der Waals surface area contributed by atoms with Crippen molar-refractivity contribution in [1.29, 1.82) is 0 Å². The van der Waals surface area contributed by atoms with Crippen LogP contribution in [-0.2, 0) is 6.54 Å². The van der Waals surface area contributed by atoms with E-state index >= 15 is 0 Å². The quantitative estimate of drug-likeness (QED) is 0.689. The van der Waals surface area contributed by atoms with Crippen molar-refractivity contribution >= 4 is 23.1 Å². The van der Waals surface area contributed by atoms with Gasteiger partial charge in [0.05, 0.1) is 6.54 Å². The fourth-order valence-electron chi connectivity index (χ4n) is 2.35. The number of urea groups is 1. The molecule has 8 nitrogen and oxygen atoms in total. The summed E-state index contributed by atoms with van der Waals surface area (Å²) in [6, 6.07) is 11.5. The molecule has 2 amide bonds. The zero-order chi connectivity index (χ0) is 17.8. The minimum atomic E-state index is -0.396. The lowest BCUT2D eigenvalue weighted by Crippen LogP contribution is -2.34. The van der Waals surface area contributed by atoms with E-state index in [0.29, 0.717) is 16.9 Å². The van der Waals surface area contributed by atoms with Crippen molar-refractivity contribution in [2.24, 2.45) is 0 Å². The Kier molecular flexibility index (Phi) is 4.60. The number of anilines is 1. The van der Waals surface area contributed by atoms with Gasteiger partial charge in [0.1, 0.15) is 0 Å². The van der Waals surface area contributed by atoms with E-state index in [-0.39, 0.29) is 24.6 Å². The van der Waals surface area contributed by atoms with Gasteiger partial charge in [0.25, 0.3) is 0 Å². The van der Waals surface area contributed by atoms with Crippen LogP contribution in [0.25, 0.3) is 5.65 Å². The molecule has 0 aliphatic heterocycles. The number of nitrogens with one attached hydrogen (secondary N) is 2. The molecular formula is C17H17N5O3. The molecule has 1 aromatic carbocycles. The Morgan fingerprint density at radius 2 is 1.88 bits per heavy atom. The summed E-state index contributed by atoms with van der Waals surface area (Å²) in [7, 11) is 0. The van der Waals surface area contributed by atoms with E-state index in [4.69, 9.17) is 0 Å². The summed E-state index contributed by atoms with van der Waals surface area (Å²) in [6.45, 7) is 1.99. The second-order valence-electron chi connectivity index (χ2n) is 5.45. The summed E-state index contributed by atoms with van der Waals surface area (Å²) >= 11 is 0. The van der Waals surface area contributed by atoms with E-state index in [1.54, 1.807) is 48.7 Å². The molecule has 25 heavy (non-hydrogen) atoms. The van der Waals surface area contributed by atoms with E-state index in [2.05, 4.69) is 15.7 Å². The Hall–Kier alpha value is -3.42. The standard InChI is InChI=1S/C17H17N5O3/c1-12(23)13-5-7-14(8-6-13)19-16(24)18-9-11-22-17(25)21-10-3-2-4-15(21)20-22/h2-8,10H,9,11H2,1H3,(H2,18,19,24). The van der Waals surface area contributed by atoms with Crippen LogP contribution in [0.15, 0.2) is 53.5 Å². The lowest BCUT2D eigenvalue weighted by Gasteiger charge is -2.07. The second kappa shape index (κ2) is 7.00. The average Bonchev–Trinajstić information content (AvgIpc) is 2.92. The maximum Gasteiger partial charge on any atom is 0.350 e. The maximum absolute atomic E-state index is 12.1. The Balaban J connectivity index is 1.54. The Bertz CT molecular complexity index is 972. The number of benzene rings is 1. The maximum atomic E-state index is 12.1. The largest absolute Gasteiger partial charge is 0.350 e. The highest BCUT2D eigenvalue weighted by atomic mass is 16.2. The first-order chi connectivity index (χ1) is 12.0. The third-order valence-corrected chi connectivity index (χ3v) is 3.65. The normalized spacial score (nSPS) is 10.6. The van der Waals surface area contributed by atoms with Gasteiger partial charge in [-0.1, -0.05) is 6.07 Å². The highest BCUT2D eigenvalue weighted by molar-refractivity contribution is 5.95. The highest BCUT2D eigenvalue weighted by Crippen LogP contribution is 2.09. The molecular weight excluding hydrogens is 322 g/mol. The molecule has 2 heterocycles. The van der Waals surface area contributed by atoms with Gasteiger partial charge in [0, 0.05) is 24.0 Å². The second-order valence-corrected chi connectivity index (χ2v) is 5.45. The number of carbonyl (C=O) groups is 2. The molecule has 0 saturated heterocycles. The molecule has 8 heteroatoms. The Morgan fingerprint density at radius 3 is 2.56 bits per heavy atom. The molecule has 128 valence electrons. The summed E-state index contributed by atoms with van der Waals surface area (Å²) in [5, 5.41) is 9.51. The van der Waals surface area contributed by atoms with Gasteiger partial charge >= 0.3 is 11.7 Å². The third kappa shape index (κ3) is 3.74. The fraction of sp³-hybridized carbons (Fsp3) is 0.176. The first-order valence-electron chi connectivity index (χ1n) is 7.74. The molecule has 2 N–H and O–H groups in total. The smallest absolute Gasteiger partial charge is 0.336 e. The number of rotatable bonds is 5. The minimum Gasteiger partial charge on any atom is -0.336 e. The molecule has 0 atom stereocenters. The van der Waals surface area contributed by atoms with Gasteiger partial charge in [-0.2, -0.15) is 0 Å². The van der Waals surface area contributed by atoms with Crippen LogP contribution in [0.4, 0.5) is 10.5 Å². The van der Waals surface area contributed by atoms with Crippen LogP contribution in [0.3, 0.4) is 0 Å². The summed E-state index contributed by atoms with van der Waals surface area (Å²) in [4.78, 5) is 35.2. The van der Waals surface area contributed by atoms with Crippen LogP contribution < -0.4 is 16.3 Å². The number of aromatic nitrogens is 3. The van der Waals surface area contributed by atoms with Gasteiger partial charge in [0.15, 0.2) is 11.4 Å². The molecule has 0 spiro atoms. The van der Waals surface area contributed by atoms with E-state index in [1.807, 2.05) is 0 Å². The monoisotopic (exact) mass is 339 g/mol. The molecule has 0 fully saturated rings. The Morgan fingerprint density at radius 1 is 1.12 bits per heavy atom. The number of amides is 2. The predicted molar refractivity (Wildman–Crippen MR) is 92.9 cm³/mol. The van der Waals surface area contributed by atoms with Crippen LogP contribution in [0.2, 0.25) is 0 Å². The van der Waals surface area contributed by atoms with Crippen molar-refractivity contribution in [3.8, 4) is 0 Å². The van der Waals surface area contributed by atoms with Gasteiger partial charge in [-0.25, -0.2) is 14.3 Å². The zero-order valence-electron chi connectivity index (χ0n) is 13.6. The van der Waals surface area contributed by atoms with Gasteiger partial charge in [-0.05, 0) is 43.3 Å². The molecule has 0 unspecified atom stereocenters. The average molecular weight is 339 g/mol. The number of hydrogen-bond donors (Lipinski definition) is 2. The van der Waals surface area contributed by atoms with E-state index in [1.165, 1.54) is 16.0 Å². The Labute approximate surface area is 143 Å². The summed E-state index contributed by atoms with van der Waals surface area (Å²) in [6.07, 6.45) is 1.64. The zero-order valence-corrected chi connectivity index (χ0v) is 13.6. The van der Waals surface area contributed by atoms with Crippen LogP contribution in [0, 0.1) is 0 Å². The topological polar surface area (TPSA) is 97.5 Å². The molecule has 0 aliphatic carbocycles. The van der Waals surface area contributed by atoms with Crippen molar-refractivity contribution < 1.29 is 9.59 Å². The molecule has 0 radical (unpaired) electrons. The van der Waals surface area contributed by atoms with Gasteiger partial charge in [-0.3, -0.25) is 9.20 Å². The van der Waals surface area contributed by atoms with Crippen LogP contribution in [0.5, 0.6) is 0 Å². The lowest BCUT2D eigenvalue weighted by molar-refractivity contribution is 0.101. The summed E-state index contributed by atoms with van der Waals surface area (Å²) in [5.41, 5.74) is 1.46. The van der Waals surface area contributed by atoms with Crippen molar-refractivity contribution in [3.63, 3.8) is 0 Å². The molecule has 0 bridgehead atoms. The fourth-order valence-corrected chi connectivity index (χ4v) is 2.35. The number of pyridine rings is 1. The van der Waals surface area contributed by atoms with Crippen molar-refractivity contribution in [1.82, 2.24) is 19.5 Å². The number of fused-ring (bicyclic) bond motifs is 1. The number of nitrogens with zero attached hydrogens (tertiary/aromatic N) is 3. The SMILES string of the molecule is CC(=O)c1ccc(NC(=O)NCCn2nc3ccccn3c2=O)cc1. The van der Waals surface area contributed by atoms with E-state index in [0.717, 1.165) is 0 Å². The first-order valence-corrected chi connectivity index (χ1v) is 7.74. The van der Waals surface area contributed by atoms with Crippen molar-refractivity contribution in [2.45, 2.75) is 13.5 Å². The lowest BCUT2D eigenvalue weighted by atomic mass is 10.1. The number of Topliss-reactive ketones (excluding diaryl/α,β-unsaturated/α-hetero) is 1. The molecule has 0 aliphatic rings. The number of hydrogen-bond acceptors (Lipinski definition) is 4.